The quantitative estimate of drug-likeness (QED) is 0.839. The lowest BCUT2D eigenvalue weighted by atomic mass is 9.74. The van der Waals surface area contributed by atoms with Gasteiger partial charge in [-0.1, -0.05) is 54.6 Å². The summed E-state index contributed by atoms with van der Waals surface area (Å²) in [4.78, 5) is 15.8. The molecule has 0 spiro atoms. The molecule has 0 atom stereocenters. The normalized spacial score (nSPS) is 20.3. The minimum atomic E-state index is -0.364. The Morgan fingerprint density at radius 2 is 1.72 bits per heavy atom. The van der Waals surface area contributed by atoms with Crippen molar-refractivity contribution in [3.63, 3.8) is 0 Å². The lowest BCUT2D eigenvalue weighted by molar-refractivity contribution is -0.137. The molecule has 29 heavy (non-hydrogen) atoms. The second kappa shape index (κ2) is 9.10. The molecule has 0 aliphatic carbocycles. The number of hydrogen-bond acceptors (Lipinski definition) is 3. The summed E-state index contributed by atoms with van der Waals surface area (Å²) < 4.78 is 5.62. The molecule has 1 N–H and O–H groups in total. The fourth-order valence-electron chi connectivity index (χ4n) is 4.62. The van der Waals surface area contributed by atoms with Crippen LogP contribution in [0.2, 0.25) is 0 Å². The predicted octanol–water partition coefficient (Wildman–Crippen LogP) is 3.90. The van der Waals surface area contributed by atoms with Crippen molar-refractivity contribution in [2.75, 3.05) is 33.4 Å². The van der Waals surface area contributed by atoms with Gasteiger partial charge in [-0.25, -0.2) is 0 Å². The van der Waals surface area contributed by atoms with Gasteiger partial charge in [-0.15, -0.1) is 0 Å². The van der Waals surface area contributed by atoms with Crippen LogP contribution in [-0.4, -0.2) is 50.2 Å². The summed E-state index contributed by atoms with van der Waals surface area (Å²) in [5.74, 6) is 0.223. The molecule has 2 fully saturated rings. The number of carbonyl (C=O) groups excluding carboxylic acids is 1. The molecule has 2 aromatic carbocycles. The van der Waals surface area contributed by atoms with E-state index in [4.69, 9.17) is 4.74 Å². The van der Waals surface area contributed by atoms with Gasteiger partial charge in [0.2, 0.25) is 5.91 Å². The fourth-order valence-corrected chi connectivity index (χ4v) is 4.62. The monoisotopic (exact) mass is 392 g/mol. The molecule has 0 radical (unpaired) electrons. The van der Waals surface area contributed by atoms with Crippen LogP contribution in [0.15, 0.2) is 54.6 Å². The van der Waals surface area contributed by atoms with Crippen molar-refractivity contribution in [3.8, 4) is 11.1 Å². The number of benzene rings is 2. The first kappa shape index (κ1) is 20.1. The lowest BCUT2D eigenvalue weighted by Crippen LogP contribution is -2.51. The van der Waals surface area contributed by atoms with Crippen molar-refractivity contribution in [2.45, 2.75) is 38.1 Å². The summed E-state index contributed by atoms with van der Waals surface area (Å²) in [6, 6.07) is 19.4. The van der Waals surface area contributed by atoms with E-state index in [1.807, 2.05) is 6.07 Å². The Morgan fingerprint density at radius 1 is 1.03 bits per heavy atom. The van der Waals surface area contributed by atoms with Gasteiger partial charge < -0.3 is 15.0 Å². The Morgan fingerprint density at radius 3 is 2.45 bits per heavy atom. The molecular weight excluding hydrogens is 360 g/mol. The van der Waals surface area contributed by atoms with Crippen molar-refractivity contribution in [3.05, 3.63) is 60.2 Å². The van der Waals surface area contributed by atoms with E-state index in [0.29, 0.717) is 19.3 Å². The zero-order valence-corrected chi connectivity index (χ0v) is 17.4. The molecule has 0 bridgehead atoms. The number of nitrogens with zero attached hydrogens (tertiary/aromatic N) is 1. The molecule has 2 aromatic rings. The maximum absolute atomic E-state index is 13.4. The highest BCUT2D eigenvalue weighted by Crippen LogP contribution is 2.36. The zero-order chi connectivity index (χ0) is 20.1. The second-order valence-corrected chi connectivity index (χ2v) is 8.69. The van der Waals surface area contributed by atoms with E-state index >= 15 is 0 Å². The molecule has 4 rings (SSSR count). The van der Waals surface area contributed by atoms with E-state index < -0.39 is 0 Å². The molecule has 2 saturated heterocycles. The highest BCUT2D eigenvalue weighted by Gasteiger charge is 2.41. The first-order valence-electron chi connectivity index (χ1n) is 10.9. The summed E-state index contributed by atoms with van der Waals surface area (Å²) >= 11 is 0. The summed E-state index contributed by atoms with van der Waals surface area (Å²) in [6.45, 7) is 3.44. The fraction of sp³-hybridized carbons (Fsp3) is 0.480. The maximum Gasteiger partial charge on any atom is 0.226 e. The third kappa shape index (κ3) is 4.88. The van der Waals surface area contributed by atoms with E-state index in [9.17, 15) is 4.79 Å². The van der Waals surface area contributed by atoms with Gasteiger partial charge in [-0.05, 0) is 68.9 Å². The van der Waals surface area contributed by atoms with Gasteiger partial charge in [0, 0.05) is 19.3 Å². The first-order chi connectivity index (χ1) is 14.1. The smallest absolute Gasteiger partial charge is 0.226 e. The van der Waals surface area contributed by atoms with E-state index in [-0.39, 0.29) is 11.3 Å². The number of carbonyl (C=O) groups is 1. The predicted molar refractivity (Wildman–Crippen MR) is 117 cm³/mol. The molecular formula is C25H32N2O2. The molecule has 1 amide bonds. The Bertz CT molecular complexity index is 807. The van der Waals surface area contributed by atoms with Crippen LogP contribution in [0.25, 0.3) is 11.1 Å². The lowest BCUT2D eigenvalue weighted by Gasteiger charge is -2.38. The van der Waals surface area contributed by atoms with Gasteiger partial charge in [0.25, 0.3) is 0 Å². The van der Waals surface area contributed by atoms with Gasteiger partial charge >= 0.3 is 0 Å². The number of rotatable bonds is 5. The van der Waals surface area contributed by atoms with Crippen LogP contribution >= 0.6 is 0 Å². The Balaban J connectivity index is 1.52. The van der Waals surface area contributed by atoms with Crippen LogP contribution in [-0.2, 0) is 16.0 Å². The van der Waals surface area contributed by atoms with Crippen molar-refractivity contribution in [1.29, 1.82) is 0 Å². The summed E-state index contributed by atoms with van der Waals surface area (Å²) in [7, 11) is 2.15. The maximum atomic E-state index is 13.4. The first-order valence-corrected chi connectivity index (χ1v) is 10.9. The summed E-state index contributed by atoms with van der Waals surface area (Å²) in [5, 5.41) is 3.40. The van der Waals surface area contributed by atoms with E-state index in [1.165, 1.54) is 16.7 Å². The largest absolute Gasteiger partial charge is 0.381 e. The number of piperidine rings is 1. The second-order valence-electron chi connectivity index (χ2n) is 8.69. The van der Waals surface area contributed by atoms with Gasteiger partial charge in [0.1, 0.15) is 0 Å². The molecule has 2 heterocycles. The molecule has 2 aliphatic rings. The third-order valence-corrected chi connectivity index (χ3v) is 6.56. The van der Waals surface area contributed by atoms with Crippen molar-refractivity contribution in [2.24, 2.45) is 5.41 Å². The van der Waals surface area contributed by atoms with Crippen LogP contribution in [0, 0.1) is 5.41 Å². The van der Waals surface area contributed by atoms with Crippen LogP contribution in [0.1, 0.15) is 31.2 Å². The number of amides is 1. The molecule has 0 aromatic heterocycles. The minimum Gasteiger partial charge on any atom is -0.381 e. The topological polar surface area (TPSA) is 41.6 Å². The van der Waals surface area contributed by atoms with Crippen molar-refractivity contribution < 1.29 is 9.53 Å². The van der Waals surface area contributed by atoms with Gasteiger partial charge in [0.05, 0.1) is 5.41 Å². The SMILES string of the molecule is CN1CCC(NC(=O)C2(Cc3cccc(-c4ccccc4)c3)CCOCC2)CC1. The molecule has 0 saturated carbocycles. The number of hydrogen-bond donors (Lipinski definition) is 1. The molecule has 2 aliphatic heterocycles. The average molecular weight is 393 g/mol. The Labute approximate surface area is 174 Å². The minimum absolute atomic E-state index is 0.223. The molecule has 0 unspecified atom stereocenters. The number of likely N-dealkylation sites (tertiary alicyclic amines) is 1. The van der Waals surface area contributed by atoms with Crippen molar-refractivity contribution >= 4 is 5.91 Å². The Kier molecular flexibility index (Phi) is 6.31. The molecule has 4 heteroatoms. The van der Waals surface area contributed by atoms with E-state index in [1.54, 1.807) is 0 Å². The van der Waals surface area contributed by atoms with Crippen LogP contribution < -0.4 is 5.32 Å². The zero-order valence-electron chi connectivity index (χ0n) is 17.4. The van der Waals surface area contributed by atoms with Crippen LogP contribution in [0.3, 0.4) is 0 Å². The van der Waals surface area contributed by atoms with E-state index in [2.05, 4.69) is 65.8 Å². The highest BCUT2D eigenvalue weighted by molar-refractivity contribution is 5.83. The Hall–Kier alpha value is -2.17. The highest BCUT2D eigenvalue weighted by atomic mass is 16.5. The standard InChI is InChI=1S/C25H32N2O2/c1-27-14-10-23(11-15-27)26-24(28)25(12-16-29-17-13-25)19-20-6-5-9-22(18-20)21-7-3-2-4-8-21/h2-9,18,23H,10-17,19H2,1H3,(H,26,28). The van der Waals surface area contributed by atoms with Gasteiger partial charge in [-0.2, -0.15) is 0 Å². The third-order valence-electron chi connectivity index (χ3n) is 6.56. The molecule has 154 valence electrons. The average Bonchev–Trinajstić information content (AvgIpc) is 2.77. The van der Waals surface area contributed by atoms with Crippen LogP contribution in [0.4, 0.5) is 0 Å². The van der Waals surface area contributed by atoms with Crippen molar-refractivity contribution in [1.82, 2.24) is 10.2 Å². The number of ether oxygens (including phenoxy) is 1. The van der Waals surface area contributed by atoms with Crippen LogP contribution in [0.5, 0.6) is 0 Å². The number of nitrogens with one attached hydrogen (secondary N) is 1. The van der Waals surface area contributed by atoms with Gasteiger partial charge in [-0.3, -0.25) is 4.79 Å². The summed E-state index contributed by atoms with van der Waals surface area (Å²) in [5.41, 5.74) is 3.29. The molecule has 4 nitrogen and oxygen atoms in total. The van der Waals surface area contributed by atoms with Gasteiger partial charge in [0.15, 0.2) is 0 Å². The summed E-state index contributed by atoms with van der Waals surface area (Å²) in [6.07, 6.45) is 4.44. The van der Waals surface area contributed by atoms with E-state index in [0.717, 1.165) is 45.2 Å².